The summed E-state index contributed by atoms with van der Waals surface area (Å²) in [7, 11) is 1.37. The molecule has 0 amide bonds. The molecule has 0 aliphatic carbocycles. The Morgan fingerprint density at radius 3 is 2.47 bits per heavy atom. The highest BCUT2D eigenvalue weighted by atomic mass is 79.9. The van der Waals surface area contributed by atoms with Gasteiger partial charge in [0.1, 0.15) is 0 Å². The van der Waals surface area contributed by atoms with Crippen LogP contribution in [0.25, 0.3) is 0 Å². The Labute approximate surface area is 110 Å². The van der Waals surface area contributed by atoms with Gasteiger partial charge in [-0.2, -0.15) is 0 Å². The van der Waals surface area contributed by atoms with Crippen LogP contribution in [0.2, 0.25) is 0 Å². The van der Waals surface area contributed by atoms with Crippen LogP contribution in [-0.4, -0.2) is 18.7 Å². The van der Waals surface area contributed by atoms with Gasteiger partial charge in [-0.1, -0.05) is 22.0 Å². The number of methoxy groups -OCH3 is 1. The first-order chi connectivity index (χ1) is 7.83. The molecule has 3 nitrogen and oxygen atoms in total. The van der Waals surface area contributed by atoms with Gasteiger partial charge in [0.05, 0.1) is 24.9 Å². The summed E-state index contributed by atoms with van der Waals surface area (Å²) in [5.41, 5.74) is 1.35. The molecule has 0 atom stereocenters. The summed E-state index contributed by atoms with van der Waals surface area (Å²) in [5.74, 6) is -0.339. The minimum absolute atomic E-state index is 0.180. The molecule has 0 N–H and O–H groups in total. The Morgan fingerprint density at radius 1 is 1.35 bits per heavy atom. The Hall–Kier alpha value is -0.870. The zero-order chi connectivity index (χ0) is 13.1. The molecule has 0 radical (unpaired) electrons. The highest BCUT2D eigenvalue weighted by Crippen LogP contribution is 2.22. The molecule has 94 valence electrons. The first-order valence-corrected chi connectivity index (χ1v) is 6.13. The van der Waals surface area contributed by atoms with E-state index >= 15 is 0 Å². The Kier molecular flexibility index (Phi) is 4.71. The Balaban J connectivity index is 2.80. The molecular formula is C13H17BrO3. The Bertz CT molecular complexity index is 408. The molecule has 4 heteroatoms. The van der Waals surface area contributed by atoms with Gasteiger partial charge in [-0.25, -0.2) is 4.79 Å². The third kappa shape index (κ3) is 4.48. The summed E-state index contributed by atoms with van der Waals surface area (Å²) in [6, 6.07) is 5.34. The lowest BCUT2D eigenvalue weighted by Crippen LogP contribution is -2.18. The maximum Gasteiger partial charge on any atom is 0.337 e. The predicted octanol–water partition coefficient (Wildman–Crippen LogP) is 3.55. The molecule has 0 bridgehead atoms. The molecule has 1 aromatic rings. The molecule has 0 aliphatic rings. The number of hydrogen-bond donors (Lipinski definition) is 0. The number of esters is 1. The van der Waals surface area contributed by atoms with Gasteiger partial charge in [-0.05, 0) is 38.5 Å². The van der Waals surface area contributed by atoms with Gasteiger partial charge in [0.15, 0.2) is 0 Å². The lowest BCUT2D eigenvalue weighted by molar-refractivity contribution is -0.0152. The average molecular weight is 301 g/mol. The summed E-state index contributed by atoms with van der Waals surface area (Å²) < 4.78 is 11.2. The van der Waals surface area contributed by atoms with E-state index in [9.17, 15) is 4.79 Å². The number of carbonyl (C=O) groups excluding carboxylic acids is 1. The summed E-state index contributed by atoms with van der Waals surface area (Å²) in [6.07, 6.45) is 0. The van der Waals surface area contributed by atoms with Crippen molar-refractivity contribution < 1.29 is 14.3 Å². The molecule has 0 aliphatic heterocycles. The summed E-state index contributed by atoms with van der Waals surface area (Å²) in [5, 5.41) is 0. The van der Waals surface area contributed by atoms with Gasteiger partial charge in [-0.15, -0.1) is 0 Å². The maximum atomic E-state index is 11.3. The molecule has 0 aromatic heterocycles. The standard InChI is InChI=1S/C13H17BrO3/c1-13(2,3)17-8-10-6-5-9(7-11(10)14)12(15)16-4/h5-7H,8H2,1-4H3. The van der Waals surface area contributed by atoms with Crippen LogP contribution >= 0.6 is 15.9 Å². The minimum atomic E-state index is -0.339. The molecule has 1 rings (SSSR count). The van der Waals surface area contributed by atoms with Gasteiger partial charge in [-0.3, -0.25) is 0 Å². The van der Waals surface area contributed by atoms with E-state index in [0.29, 0.717) is 12.2 Å². The fourth-order valence-corrected chi connectivity index (χ4v) is 1.70. The lowest BCUT2D eigenvalue weighted by atomic mass is 10.1. The fraction of sp³-hybridized carbons (Fsp3) is 0.462. The van der Waals surface area contributed by atoms with Gasteiger partial charge in [0.25, 0.3) is 0 Å². The molecule has 0 heterocycles. The SMILES string of the molecule is COC(=O)c1ccc(COC(C)(C)C)c(Br)c1. The van der Waals surface area contributed by atoms with E-state index in [-0.39, 0.29) is 11.6 Å². The van der Waals surface area contributed by atoms with Crippen molar-refractivity contribution in [2.24, 2.45) is 0 Å². The number of carbonyl (C=O) groups is 1. The maximum absolute atomic E-state index is 11.3. The van der Waals surface area contributed by atoms with Crippen LogP contribution in [0.3, 0.4) is 0 Å². The van der Waals surface area contributed by atoms with Gasteiger partial charge >= 0.3 is 5.97 Å². The molecular weight excluding hydrogens is 284 g/mol. The van der Waals surface area contributed by atoms with Crippen LogP contribution in [-0.2, 0) is 16.1 Å². The van der Waals surface area contributed by atoms with Crippen molar-refractivity contribution in [3.63, 3.8) is 0 Å². The quantitative estimate of drug-likeness (QED) is 0.801. The van der Waals surface area contributed by atoms with Crippen LogP contribution in [0, 0.1) is 0 Å². The van der Waals surface area contributed by atoms with E-state index in [0.717, 1.165) is 10.0 Å². The molecule has 0 fully saturated rings. The number of rotatable bonds is 3. The van der Waals surface area contributed by atoms with E-state index in [4.69, 9.17) is 4.74 Å². The second-order valence-corrected chi connectivity index (χ2v) is 5.55. The highest BCUT2D eigenvalue weighted by molar-refractivity contribution is 9.10. The Morgan fingerprint density at radius 2 is 2.00 bits per heavy atom. The number of ether oxygens (including phenoxy) is 2. The number of benzene rings is 1. The predicted molar refractivity (Wildman–Crippen MR) is 70.0 cm³/mol. The van der Waals surface area contributed by atoms with E-state index in [2.05, 4.69) is 20.7 Å². The molecule has 1 aromatic carbocycles. The summed E-state index contributed by atoms with van der Waals surface area (Å²) >= 11 is 3.42. The zero-order valence-corrected chi connectivity index (χ0v) is 12.1. The van der Waals surface area contributed by atoms with E-state index in [1.165, 1.54) is 7.11 Å². The smallest absolute Gasteiger partial charge is 0.337 e. The second-order valence-electron chi connectivity index (χ2n) is 4.70. The highest BCUT2D eigenvalue weighted by Gasteiger charge is 2.13. The first-order valence-electron chi connectivity index (χ1n) is 5.34. The topological polar surface area (TPSA) is 35.5 Å². The summed E-state index contributed by atoms with van der Waals surface area (Å²) in [4.78, 5) is 11.3. The van der Waals surface area contributed by atoms with E-state index < -0.39 is 0 Å². The van der Waals surface area contributed by atoms with Gasteiger partial charge in [0, 0.05) is 4.47 Å². The van der Waals surface area contributed by atoms with E-state index in [1.807, 2.05) is 26.8 Å². The third-order valence-corrected chi connectivity index (χ3v) is 2.87. The normalized spacial score (nSPS) is 11.4. The van der Waals surface area contributed by atoms with Crippen molar-refractivity contribution in [1.29, 1.82) is 0 Å². The van der Waals surface area contributed by atoms with Crippen molar-refractivity contribution in [3.8, 4) is 0 Å². The first kappa shape index (κ1) is 14.2. The van der Waals surface area contributed by atoms with Crippen LogP contribution in [0.4, 0.5) is 0 Å². The van der Waals surface area contributed by atoms with Crippen molar-refractivity contribution in [3.05, 3.63) is 33.8 Å². The molecule has 0 spiro atoms. The molecule has 17 heavy (non-hydrogen) atoms. The molecule has 0 unspecified atom stereocenters. The van der Waals surface area contributed by atoms with Crippen molar-refractivity contribution in [1.82, 2.24) is 0 Å². The van der Waals surface area contributed by atoms with Gasteiger partial charge in [0.2, 0.25) is 0 Å². The number of hydrogen-bond acceptors (Lipinski definition) is 3. The largest absolute Gasteiger partial charge is 0.465 e. The minimum Gasteiger partial charge on any atom is -0.465 e. The monoisotopic (exact) mass is 300 g/mol. The van der Waals surface area contributed by atoms with Crippen molar-refractivity contribution in [2.75, 3.05) is 7.11 Å². The van der Waals surface area contributed by atoms with Crippen LogP contribution < -0.4 is 0 Å². The fourth-order valence-electron chi connectivity index (χ4n) is 1.20. The van der Waals surface area contributed by atoms with Crippen LogP contribution in [0.15, 0.2) is 22.7 Å². The van der Waals surface area contributed by atoms with E-state index in [1.54, 1.807) is 12.1 Å². The lowest BCUT2D eigenvalue weighted by Gasteiger charge is -2.20. The number of halogens is 1. The van der Waals surface area contributed by atoms with Crippen molar-refractivity contribution in [2.45, 2.75) is 33.0 Å². The third-order valence-electron chi connectivity index (χ3n) is 2.13. The average Bonchev–Trinajstić information content (AvgIpc) is 2.25. The second kappa shape index (κ2) is 5.65. The zero-order valence-electron chi connectivity index (χ0n) is 10.5. The van der Waals surface area contributed by atoms with Gasteiger partial charge < -0.3 is 9.47 Å². The summed E-state index contributed by atoms with van der Waals surface area (Å²) in [6.45, 7) is 6.52. The van der Waals surface area contributed by atoms with Crippen LogP contribution in [0.5, 0.6) is 0 Å². The van der Waals surface area contributed by atoms with Crippen LogP contribution in [0.1, 0.15) is 36.7 Å². The molecule has 0 saturated heterocycles. The molecule has 0 saturated carbocycles. The van der Waals surface area contributed by atoms with Crippen molar-refractivity contribution >= 4 is 21.9 Å².